The topological polar surface area (TPSA) is 40.5 Å². The maximum Gasteiger partial charge on any atom is 0.0980 e. The summed E-state index contributed by atoms with van der Waals surface area (Å²) in [5.41, 5.74) is 2.30. The molecule has 22 heavy (non-hydrogen) atoms. The molecule has 0 amide bonds. The summed E-state index contributed by atoms with van der Waals surface area (Å²) in [6.45, 7) is 3.54. The molecule has 2 atom stereocenters. The minimum atomic E-state index is -0.828. The summed E-state index contributed by atoms with van der Waals surface area (Å²) in [7, 11) is 0. The number of benzene rings is 1. The Morgan fingerprint density at radius 1 is 0.818 bits per heavy atom. The lowest BCUT2D eigenvalue weighted by atomic mass is 10.1. The molecule has 116 valence electrons. The zero-order valence-corrected chi connectivity index (χ0v) is 13.1. The van der Waals surface area contributed by atoms with E-state index in [4.69, 9.17) is 5.11 Å². The van der Waals surface area contributed by atoms with Crippen molar-refractivity contribution in [2.24, 2.45) is 0 Å². The second-order valence-electron chi connectivity index (χ2n) is 4.87. The fourth-order valence-electron chi connectivity index (χ4n) is 1.71. The Bertz CT molecular complexity index is 575. The number of hydrogen-bond acceptors (Lipinski definition) is 2. The highest BCUT2D eigenvalue weighted by atomic mass is 16.3. The number of aliphatic hydroxyl groups excluding tert-OH is 2. The highest BCUT2D eigenvalue weighted by Crippen LogP contribution is 2.12. The smallest absolute Gasteiger partial charge is 0.0980 e. The van der Waals surface area contributed by atoms with Crippen LogP contribution in [0.2, 0.25) is 0 Å². The molecule has 0 spiro atoms. The van der Waals surface area contributed by atoms with E-state index < -0.39 is 12.2 Å². The molecule has 1 rings (SSSR count). The monoisotopic (exact) mass is 296 g/mol. The molecule has 2 heteroatoms. The van der Waals surface area contributed by atoms with Crippen LogP contribution in [0.3, 0.4) is 0 Å². The Morgan fingerprint density at radius 2 is 1.36 bits per heavy atom. The summed E-state index contributed by atoms with van der Waals surface area (Å²) in [6.07, 6.45) is 17.5. The van der Waals surface area contributed by atoms with Crippen molar-refractivity contribution in [3.05, 3.63) is 84.0 Å². The molecule has 0 aliphatic heterocycles. The first-order valence-electron chi connectivity index (χ1n) is 7.41. The normalized spacial score (nSPS) is 15.8. The van der Waals surface area contributed by atoms with Gasteiger partial charge in [0.25, 0.3) is 0 Å². The molecule has 0 heterocycles. The highest BCUT2D eigenvalue weighted by Gasteiger charge is 2.04. The van der Waals surface area contributed by atoms with Gasteiger partial charge in [0.05, 0.1) is 12.2 Å². The van der Waals surface area contributed by atoms with Gasteiger partial charge in [0.2, 0.25) is 0 Å². The van der Waals surface area contributed by atoms with Gasteiger partial charge in [-0.3, -0.25) is 0 Å². The third-order valence-electron chi connectivity index (χ3n) is 2.99. The van der Waals surface area contributed by atoms with Gasteiger partial charge in [0.15, 0.2) is 0 Å². The molecule has 0 aliphatic rings. The van der Waals surface area contributed by atoms with Crippen LogP contribution < -0.4 is 0 Å². The standard InChI is InChI=1S/C20H24O2/c1-3-4-7-12-18-14-10-11-15-19(18)13-8-5-6-9-16-20(22)17(2)21/h3-17,20-22H,1-2H3/b4-3+,6-5+,12-7+,13-8+,16-9+. The predicted octanol–water partition coefficient (Wildman–Crippen LogP) is 4.14. The Kier molecular flexibility index (Phi) is 8.58. The van der Waals surface area contributed by atoms with Crippen molar-refractivity contribution in [3.63, 3.8) is 0 Å². The van der Waals surface area contributed by atoms with E-state index in [0.717, 1.165) is 11.1 Å². The van der Waals surface area contributed by atoms with Crippen LogP contribution in [0, 0.1) is 0 Å². The van der Waals surface area contributed by atoms with Crippen LogP contribution in [0.4, 0.5) is 0 Å². The van der Waals surface area contributed by atoms with Crippen LogP contribution in [0.15, 0.2) is 72.9 Å². The third kappa shape index (κ3) is 7.02. The Morgan fingerprint density at radius 3 is 1.91 bits per heavy atom. The first kappa shape index (κ1) is 17.9. The van der Waals surface area contributed by atoms with Crippen molar-refractivity contribution in [1.82, 2.24) is 0 Å². The minimum Gasteiger partial charge on any atom is -0.390 e. The summed E-state index contributed by atoms with van der Waals surface area (Å²) in [6, 6.07) is 8.16. The molecule has 0 aromatic heterocycles. The summed E-state index contributed by atoms with van der Waals surface area (Å²) in [5, 5.41) is 18.5. The molecule has 0 bridgehead atoms. The predicted molar refractivity (Wildman–Crippen MR) is 95.3 cm³/mol. The summed E-state index contributed by atoms with van der Waals surface area (Å²) < 4.78 is 0. The van der Waals surface area contributed by atoms with Crippen LogP contribution in [0.5, 0.6) is 0 Å². The zero-order chi connectivity index (χ0) is 16.2. The molecule has 0 radical (unpaired) electrons. The Balaban J connectivity index is 2.67. The van der Waals surface area contributed by atoms with Crippen molar-refractivity contribution in [3.8, 4) is 0 Å². The molecule has 2 nitrogen and oxygen atoms in total. The fourth-order valence-corrected chi connectivity index (χ4v) is 1.71. The Labute approximate surface area is 133 Å². The summed E-state index contributed by atoms with van der Waals surface area (Å²) >= 11 is 0. The van der Waals surface area contributed by atoms with Crippen molar-refractivity contribution in [2.45, 2.75) is 26.1 Å². The first-order valence-corrected chi connectivity index (χ1v) is 7.41. The van der Waals surface area contributed by atoms with E-state index in [1.54, 1.807) is 19.1 Å². The second kappa shape index (κ2) is 10.6. The van der Waals surface area contributed by atoms with Gasteiger partial charge in [-0.1, -0.05) is 85.0 Å². The molecular formula is C20H24O2. The molecule has 0 fully saturated rings. The quantitative estimate of drug-likeness (QED) is 0.742. The van der Waals surface area contributed by atoms with Gasteiger partial charge in [-0.25, -0.2) is 0 Å². The van der Waals surface area contributed by atoms with E-state index in [2.05, 4.69) is 18.2 Å². The van der Waals surface area contributed by atoms with Crippen LogP contribution in [-0.2, 0) is 0 Å². The Hall–Kier alpha value is -2.16. The average molecular weight is 296 g/mol. The molecule has 0 aliphatic carbocycles. The van der Waals surface area contributed by atoms with E-state index >= 15 is 0 Å². The van der Waals surface area contributed by atoms with E-state index in [0.29, 0.717) is 0 Å². The lowest BCUT2D eigenvalue weighted by Crippen LogP contribution is -2.19. The van der Waals surface area contributed by atoms with Gasteiger partial charge >= 0.3 is 0 Å². The van der Waals surface area contributed by atoms with Gasteiger partial charge in [0.1, 0.15) is 0 Å². The van der Waals surface area contributed by atoms with Crippen molar-refractivity contribution >= 4 is 12.2 Å². The van der Waals surface area contributed by atoms with Gasteiger partial charge in [-0.05, 0) is 25.0 Å². The molecule has 1 aromatic carbocycles. The molecular weight excluding hydrogens is 272 g/mol. The maximum atomic E-state index is 9.40. The SMILES string of the molecule is C/C=C/C=C/c1ccccc1/C=C/C=C/C=C/C(O)C(C)O. The first-order chi connectivity index (χ1) is 10.6. The van der Waals surface area contributed by atoms with Gasteiger partial charge in [0, 0.05) is 0 Å². The number of allylic oxidation sites excluding steroid dienone is 7. The summed E-state index contributed by atoms with van der Waals surface area (Å²) in [4.78, 5) is 0. The zero-order valence-electron chi connectivity index (χ0n) is 13.1. The lowest BCUT2D eigenvalue weighted by molar-refractivity contribution is 0.0619. The van der Waals surface area contributed by atoms with Gasteiger partial charge in [-0.2, -0.15) is 0 Å². The van der Waals surface area contributed by atoms with Crippen molar-refractivity contribution in [1.29, 1.82) is 0 Å². The van der Waals surface area contributed by atoms with Crippen LogP contribution >= 0.6 is 0 Å². The largest absolute Gasteiger partial charge is 0.390 e. The fraction of sp³-hybridized carbons (Fsp3) is 0.200. The number of hydrogen-bond donors (Lipinski definition) is 2. The van der Waals surface area contributed by atoms with E-state index in [1.165, 1.54) is 0 Å². The van der Waals surface area contributed by atoms with Gasteiger partial charge in [-0.15, -0.1) is 0 Å². The van der Waals surface area contributed by atoms with Crippen LogP contribution in [-0.4, -0.2) is 22.4 Å². The van der Waals surface area contributed by atoms with E-state index in [-0.39, 0.29) is 0 Å². The maximum absolute atomic E-state index is 9.40. The summed E-state index contributed by atoms with van der Waals surface area (Å²) in [5.74, 6) is 0. The minimum absolute atomic E-state index is 0.754. The molecule has 1 aromatic rings. The number of aliphatic hydroxyl groups is 2. The highest BCUT2D eigenvalue weighted by molar-refractivity contribution is 5.66. The van der Waals surface area contributed by atoms with E-state index in [1.807, 2.05) is 61.6 Å². The van der Waals surface area contributed by atoms with Crippen molar-refractivity contribution < 1.29 is 10.2 Å². The van der Waals surface area contributed by atoms with Crippen molar-refractivity contribution in [2.75, 3.05) is 0 Å². The third-order valence-corrected chi connectivity index (χ3v) is 2.99. The molecule has 0 saturated carbocycles. The molecule has 2 N–H and O–H groups in total. The van der Waals surface area contributed by atoms with Crippen LogP contribution in [0.1, 0.15) is 25.0 Å². The van der Waals surface area contributed by atoms with Crippen LogP contribution in [0.25, 0.3) is 12.2 Å². The second-order valence-corrected chi connectivity index (χ2v) is 4.87. The molecule has 2 unspecified atom stereocenters. The van der Waals surface area contributed by atoms with E-state index in [9.17, 15) is 5.11 Å². The lowest BCUT2D eigenvalue weighted by Gasteiger charge is -2.06. The molecule has 0 saturated heterocycles. The average Bonchev–Trinajstić information content (AvgIpc) is 2.51. The number of rotatable bonds is 7. The van der Waals surface area contributed by atoms with Gasteiger partial charge < -0.3 is 10.2 Å².